The number of aliphatic hydroxyl groups excluding tert-OH is 1. The first-order valence-electron chi connectivity index (χ1n) is 4.59. The molecule has 1 heterocycles. The monoisotopic (exact) mass is 213 g/mol. The largest absolute Gasteiger partial charge is 0.396 e. The van der Waals surface area contributed by atoms with Crippen LogP contribution in [0.1, 0.15) is 24.2 Å². The summed E-state index contributed by atoms with van der Waals surface area (Å²) in [5, 5.41) is 15.4. The van der Waals surface area contributed by atoms with Crippen molar-refractivity contribution < 1.29 is 9.90 Å². The molecule has 3 nitrogen and oxygen atoms in total. The van der Waals surface area contributed by atoms with E-state index < -0.39 is 0 Å². The topological polar surface area (TPSA) is 49.3 Å². The van der Waals surface area contributed by atoms with Crippen molar-refractivity contribution in [2.45, 2.75) is 19.9 Å². The van der Waals surface area contributed by atoms with Crippen molar-refractivity contribution in [3.05, 3.63) is 22.4 Å². The lowest BCUT2D eigenvalue weighted by molar-refractivity contribution is 0.0917. The van der Waals surface area contributed by atoms with Crippen molar-refractivity contribution in [3.63, 3.8) is 0 Å². The Bertz CT molecular complexity index is 284. The molecule has 0 radical (unpaired) electrons. The van der Waals surface area contributed by atoms with Crippen LogP contribution in [0.3, 0.4) is 0 Å². The van der Waals surface area contributed by atoms with Gasteiger partial charge >= 0.3 is 0 Å². The highest BCUT2D eigenvalue weighted by Crippen LogP contribution is 2.07. The van der Waals surface area contributed by atoms with E-state index in [4.69, 9.17) is 5.11 Å². The molecule has 0 aliphatic rings. The van der Waals surface area contributed by atoms with E-state index in [1.807, 2.05) is 24.6 Å². The number of thiophene rings is 1. The lowest BCUT2D eigenvalue weighted by atomic mass is 10.1. The summed E-state index contributed by atoms with van der Waals surface area (Å²) in [5.74, 6) is 0.0108. The van der Waals surface area contributed by atoms with Crippen LogP contribution < -0.4 is 5.32 Å². The Balaban J connectivity index is 2.49. The molecule has 4 heteroatoms. The zero-order valence-corrected chi connectivity index (χ0v) is 9.17. The van der Waals surface area contributed by atoms with Crippen LogP contribution in [0.15, 0.2) is 16.8 Å². The van der Waals surface area contributed by atoms with Gasteiger partial charge in [0.2, 0.25) is 0 Å². The highest BCUT2D eigenvalue weighted by atomic mass is 32.1. The number of carbonyl (C=O) groups is 1. The molecule has 0 saturated carbocycles. The van der Waals surface area contributed by atoms with Crippen molar-refractivity contribution in [1.29, 1.82) is 0 Å². The van der Waals surface area contributed by atoms with Gasteiger partial charge in [0.15, 0.2) is 0 Å². The van der Waals surface area contributed by atoms with Crippen LogP contribution in [0.25, 0.3) is 0 Å². The third kappa shape index (κ3) is 2.82. The first kappa shape index (κ1) is 11.2. The molecule has 0 saturated heterocycles. The van der Waals surface area contributed by atoms with Crippen LogP contribution >= 0.6 is 11.3 Å². The third-order valence-electron chi connectivity index (χ3n) is 2.28. The maximum atomic E-state index is 11.6. The van der Waals surface area contributed by atoms with E-state index in [0.29, 0.717) is 5.56 Å². The molecule has 0 spiro atoms. The summed E-state index contributed by atoms with van der Waals surface area (Å²) >= 11 is 1.50. The van der Waals surface area contributed by atoms with Crippen LogP contribution in [0.2, 0.25) is 0 Å². The molecule has 2 atom stereocenters. The number of hydrogen-bond donors (Lipinski definition) is 2. The van der Waals surface area contributed by atoms with Gasteiger partial charge in [-0.25, -0.2) is 0 Å². The summed E-state index contributed by atoms with van der Waals surface area (Å²) < 4.78 is 0. The second-order valence-electron chi connectivity index (χ2n) is 3.43. The molecular formula is C10H15NO2S. The predicted octanol–water partition coefficient (Wildman–Crippen LogP) is 1.49. The van der Waals surface area contributed by atoms with E-state index in [0.717, 1.165) is 0 Å². The summed E-state index contributed by atoms with van der Waals surface area (Å²) in [5.41, 5.74) is 0.687. The van der Waals surface area contributed by atoms with Crippen LogP contribution in [-0.4, -0.2) is 23.7 Å². The Labute approximate surface area is 87.8 Å². The molecule has 2 unspecified atom stereocenters. The quantitative estimate of drug-likeness (QED) is 0.796. The third-order valence-corrected chi connectivity index (χ3v) is 2.97. The summed E-state index contributed by atoms with van der Waals surface area (Å²) in [6.45, 7) is 3.88. The van der Waals surface area contributed by atoms with Crippen LogP contribution in [0.5, 0.6) is 0 Å². The minimum Gasteiger partial charge on any atom is -0.396 e. The van der Waals surface area contributed by atoms with Gasteiger partial charge in [-0.1, -0.05) is 6.92 Å². The van der Waals surface area contributed by atoms with E-state index in [-0.39, 0.29) is 24.5 Å². The second-order valence-corrected chi connectivity index (χ2v) is 4.21. The number of aliphatic hydroxyl groups is 1. The Kier molecular flexibility index (Phi) is 4.10. The highest BCUT2D eigenvalue weighted by Gasteiger charge is 2.14. The van der Waals surface area contributed by atoms with Gasteiger partial charge in [-0.15, -0.1) is 0 Å². The van der Waals surface area contributed by atoms with Gasteiger partial charge in [-0.3, -0.25) is 4.79 Å². The molecular weight excluding hydrogens is 198 g/mol. The standard InChI is InChI=1S/C10H15NO2S/c1-7(5-12)8(2)11-10(13)9-3-4-14-6-9/h3-4,6-8,12H,5H2,1-2H3,(H,11,13). The molecule has 1 aromatic heterocycles. The summed E-state index contributed by atoms with van der Waals surface area (Å²) in [6, 6.07) is 1.78. The van der Waals surface area contributed by atoms with E-state index >= 15 is 0 Å². The van der Waals surface area contributed by atoms with Crippen molar-refractivity contribution in [3.8, 4) is 0 Å². The van der Waals surface area contributed by atoms with Gasteiger partial charge in [0, 0.05) is 23.6 Å². The summed E-state index contributed by atoms with van der Waals surface area (Å²) in [7, 11) is 0. The highest BCUT2D eigenvalue weighted by molar-refractivity contribution is 7.08. The SMILES string of the molecule is CC(CO)C(C)NC(=O)c1ccsc1. The first-order valence-corrected chi connectivity index (χ1v) is 5.53. The lowest BCUT2D eigenvalue weighted by Gasteiger charge is -2.18. The van der Waals surface area contributed by atoms with Crippen LogP contribution in [0, 0.1) is 5.92 Å². The predicted molar refractivity (Wildman–Crippen MR) is 57.5 cm³/mol. The number of nitrogens with one attached hydrogen (secondary N) is 1. The Morgan fingerprint density at radius 2 is 2.36 bits per heavy atom. The zero-order chi connectivity index (χ0) is 10.6. The normalized spacial score (nSPS) is 14.8. The maximum absolute atomic E-state index is 11.6. The van der Waals surface area contributed by atoms with Crippen molar-refractivity contribution in [2.75, 3.05) is 6.61 Å². The van der Waals surface area contributed by atoms with Gasteiger partial charge in [-0.2, -0.15) is 11.3 Å². The molecule has 1 aromatic rings. The minimum absolute atomic E-state index is 0.00704. The number of rotatable bonds is 4. The number of carbonyl (C=O) groups excluding carboxylic acids is 1. The average Bonchev–Trinajstić information content (AvgIpc) is 2.69. The fourth-order valence-corrected chi connectivity index (χ4v) is 1.62. The molecule has 78 valence electrons. The molecule has 1 amide bonds. The average molecular weight is 213 g/mol. The summed E-state index contributed by atoms with van der Waals surface area (Å²) in [6.07, 6.45) is 0. The van der Waals surface area contributed by atoms with E-state index in [9.17, 15) is 4.79 Å². The first-order chi connectivity index (χ1) is 6.65. The van der Waals surface area contributed by atoms with Gasteiger partial charge in [0.05, 0.1) is 0 Å². The number of hydrogen-bond acceptors (Lipinski definition) is 3. The smallest absolute Gasteiger partial charge is 0.252 e. The van der Waals surface area contributed by atoms with Crippen LogP contribution in [-0.2, 0) is 0 Å². The number of amides is 1. The van der Waals surface area contributed by atoms with E-state index in [1.54, 1.807) is 6.07 Å². The fraction of sp³-hybridized carbons (Fsp3) is 0.500. The van der Waals surface area contributed by atoms with Crippen LogP contribution in [0.4, 0.5) is 0 Å². The van der Waals surface area contributed by atoms with Gasteiger partial charge in [0.1, 0.15) is 0 Å². The van der Waals surface area contributed by atoms with Gasteiger partial charge in [-0.05, 0) is 24.3 Å². The molecule has 0 aromatic carbocycles. The van der Waals surface area contributed by atoms with Gasteiger partial charge in [0.25, 0.3) is 5.91 Å². The van der Waals surface area contributed by atoms with Crippen molar-refractivity contribution in [2.24, 2.45) is 5.92 Å². The maximum Gasteiger partial charge on any atom is 0.252 e. The van der Waals surface area contributed by atoms with E-state index in [2.05, 4.69) is 5.32 Å². The molecule has 0 aliphatic heterocycles. The minimum atomic E-state index is -0.0703. The molecule has 1 rings (SSSR count). The molecule has 2 N–H and O–H groups in total. The van der Waals surface area contributed by atoms with Crippen molar-refractivity contribution >= 4 is 17.2 Å². The molecule has 0 fully saturated rings. The molecule has 14 heavy (non-hydrogen) atoms. The molecule has 0 aliphatic carbocycles. The van der Waals surface area contributed by atoms with E-state index in [1.165, 1.54) is 11.3 Å². The Morgan fingerprint density at radius 1 is 1.64 bits per heavy atom. The summed E-state index contributed by atoms with van der Waals surface area (Å²) in [4.78, 5) is 11.6. The lowest BCUT2D eigenvalue weighted by Crippen LogP contribution is -2.38. The Hall–Kier alpha value is -0.870. The second kappa shape index (κ2) is 5.12. The molecule has 0 bridgehead atoms. The van der Waals surface area contributed by atoms with Gasteiger partial charge < -0.3 is 10.4 Å². The fourth-order valence-electron chi connectivity index (χ4n) is 0.984. The zero-order valence-electron chi connectivity index (χ0n) is 8.36. The Morgan fingerprint density at radius 3 is 2.86 bits per heavy atom. The van der Waals surface area contributed by atoms with Crippen molar-refractivity contribution in [1.82, 2.24) is 5.32 Å².